The largest absolute Gasteiger partial charge is 0.423 e. The molecule has 0 unspecified atom stereocenters. The molecular formula is C22H18ClN3O2S. The summed E-state index contributed by atoms with van der Waals surface area (Å²) in [5.41, 5.74) is 5.84. The lowest BCUT2D eigenvalue weighted by atomic mass is 10.1. The minimum absolute atomic E-state index is 0.340. The van der Waals surface area contributed by atoms with Gasteiger partial charge in [0.2, 0.25) is 0 Å². The number of esters is 1. The van der Waals surface area contributed by atoms with Crippen LogP contribution in [0, 0.1) is 6.92 Å². The van der Waals surface area contributed by atoms with Crippen LogP contribution in [0.25, 0.3) is 0 Å². The molecule has 2 N–H and O–H groups in total. The Hall–Kier alpha value is -3.22. The molecule has 5 nitrogen and oxygen atoms in total. The summed E-state index contributed by atoms with van der Waals surface area (Å²) < 4.78 is 5.39. The fourth-order valence-corrected chi connectivity index (χ4v) is 2.81. The van der Waals surface area contributed by atoms with Crippen LogP contribution in [0.1, 0.15) is 21.5 Å². The zero-order valence-electron chi connectivity index (χ0n) is 15.6. The van der Waals surface area contributed by atoms with Gasteiger partial charge in [-0.05, 0) is 79.3 Å². The maximum Gasteiger partial charge on any atom is 0.343 e. The lowest BCUT2D eigenvalue weighted by Crippen LogP contribution is -2.23. The molecule has 0 heterocycles. The summed E-state index contributed by atoms with van der Waals surface area (Å²) in [6.07, 6.45) is 1.61. The van der Waals surface area contributed by atoms with Crippen molar-refractivity contribution in [3.63, 3.8) is 0 Å². The summed E-state index contributed by atoms with van der Waals surface area (Å²) in [7, 11) is 0. The number of benzene rings is 3. The highest BCUT2D eigenvalue weighted by Crippen LogP contribution is 2.15. The molecule has 0 radical (unpaired) electrons. The molecule has 0 bridgehead atoms. The van der Waals surface area contributed by atoms with Crippen molar-refractivity contribution in [3.8, 4) is 5.75 Å². The number of rotatable bonds is 5. The summed E-state index contributed by atoms with van der Waals surface area (Å²) in [6, 6.07) is 21.5. The Bertz CT molecular complexity index is 1050. The second kappa shape index (κ2) is 9.82. The molecule has 3 aromatic carbocycles. The van der Waals surface area contributed by atoms with Gasteiger partial charge in [0, 0.05) is 10.7 Å². The van der Waals surface area contributed by atoms with Crippen LogP contribution in [-0.2, 0) is 0 Å². The number of hydrazone groups is 1. The number of carbonyl (C=O) groups excluding carboxylic acids is 1. The number of aryl methyl sites for hydroxylation is 1. The molecule has 0 saturated carbocycles. The zero-order valence-corrected chi connectivity index (χ0v) is 17.1. The fraction of sp³-hybridized carbons (Fsp3) is 0.0455. The molecule has 29 heavy (non-hydrogen) atoms. The highest BCUT2D eigenvalue weighted by molar-refractivity contribution is 7.80. The van der Waals surface area contributed by atoms with Gasteiger partial charge < -0.3 is 10.1 Å². The summed E-state index contributed by atoms with van der Waals surface area (Å²) in [5.74, 6) is 0.0639. The van der Waals surface area contributed by atoms with E-state index in [-0.39, 0.29) is 0 Å². The van der Waals surface area contributed by atoms with Crippen molar-refractivity contribution < 1.29 is 9.53 Å². The van der Waals surface area contributed by atoms with Crippen LogP contribution in [0.15, 0.2) is 77.9 Å². The maximum atomic E-state index is 12.2. The van der Waals surface area contributed by atoms with E-state index in [9.17, 15) is 4.79 Å². The number of halogens is 1. The SMILES string of the molecule is Cc1cccc(C(=O)Oc2ccc(/C=N/NC(=S)Nc3cccc(Cl)c3)cc2)c1. The highest BCUT2D eigenvalue weighted by Gasteiger charge is 2.08. The predicted octanol–water partition coefficient (Wildman–Crippen LogP) is 5.19. The molecule has 3 rings (SSSR count). The minimum Gasteiger partial charge on any atom is -0.423 e. The molecule has 0 amide bonds. The number of thiocarbonyl (C=S) groups is 1. The number of nitrogens with one attached hydrogen (secondary N) is 2. The number of carbonyl (C=O) groups is 1. The summed E-state index contributed by atoms with van der Waals surface area (Å²) >= 11 is 11.1. The lowest BCUT2D eigenvalue weighted by molar-refractivity contribution is 0.0734. The van der Waals surface area contributed by atoms with E-state index in [2.05, 4.69) is 15.8 Å². The number of anilines is 1. The van der Waals surface area contributed by atoms with E-state index in [1.165, 1.54) is 0 Å². The smallest absolute Gasteiger partial charge is 0.343 e. The van der Waals surface area contributed by atoms with Crippen molar-refractivity contribution in [2.45, 2.75) is 6.92 Å². The third kappa shape index (κ3) is 6.41. The van der Waals surface area contributed by atoms with Gasteiger partial charge in [0.05, 0.1) is 11.8 Å². The Morgan fingerprint density at radius 1 is 1.07 bits per heavy atom. The molecule has 0 atom stereocenters. The van der Waals surface area contributed by atoms with Gasteiger partial charge in [-0.1, -0.05) is 35.4 Å². The van der Waals surface area contributed by atoms with Crippen molar-refractivity contribution >= 4 is 46.8 Å². The topological polar surface area (TPSA) is 62.7 Å². The molecule has 0 aliphatic heterocycles. The first-order valence-electron chi connectivity index (χ1n) is 8.74. The molecule has 0 spiro atoms. The van der Waals surface area contributed by atoms with E-state index in [1.807, 2.05) is 31.2 Å². The van der Waals surface area contributed by atoms with Crippen LogP contribution in [0.5, 0.6) is 5.75 Å². The van der Waals surface area contributed by atoms with E-state index in [0.29, 0.717) is 21.4 Å². The van der Waals surface area contributed by atoms with Gasteiger partial charge in [-0.2, -0.15) is 5.10 Å². The molecular weight excluding hydrogens is 406 g/mol. The number of hydrogen-bond acceptors (Lipinski definition) is 4. The Balaban J connectivity index is 1.52. The van der Waals surface area contributed by atoms with Crippen LogP contribution < -0.4 is 15.5 Å². The number of ether oxygens (including phenoxy) is 1. The monoisotopic (exact) mass is 423 g/mol. The van der Waals surface area contributed by atoms with Crippen molar-refractivity contribution in [1.82, 2.24) is 5.43 Å². The Kier molecular flexibility index (Phi) is 6.94. The van der Waals surface area contributed by atoms with E-state index < -0.39 is 5.97 Å². The lowest BCUT2D eigenvalue weighted by Gasteiger charge is -2.07. The van der Waals surface area contributed by atoms with Crippen LogP contribution in [-0.4, -0.2) is 17.3 Å². The molecule has 0 saturated heterocycles. The van der Waals surface area contributed by atoms with Gasteiger partial charge in [-0.15, -0.1) is 0 Å². The number of nitrogens with zero attached hydrogens (tertiary/aromatic N) is 1. The van der Waals surface area contributed by atoms with Gasteiger partial charge in [0.15, 0.2) is 5.11 Å². The van der Waals surface area contributed by atoms with Crippen LogP contribution >= 0.6 is 23.8 Å². The molecule has 0 aliphatic carbocycles. The average Bonchev–Trinajstić information content (AvgIpc) is 2.69. The third-order valence-electron chi connectivity index (χ3n) is 3.81. The van der Waals surface area contributed by atoms with Crippen molar-refractivity contribution in [3.05, 3.63) is 94.5 Å². The molecule has 0 aliphatic rings. The van der Waals surface area contributed by atoms with Crippen molar-refractivity contribution in [2.75, 3.05) is 5.32 Å². The standard InChI is InChI=1S/C22H18ClN3O2S/c1-15-4-2-5-17(12-15)21(27)28-20-10-8-16(9-11-20)14-24-26-22(29)25-19-7-3-6-18(23)13-19/h2-14H,1H3,(H2,25,26,29)/b24-14+. The third-order valence-corrected chi connectivity index (χ3v) is 4.24. The second-order valence-corrected chi connectivity index (χ2v) is 7.01. The van der Waals surface area contributed by atoms with E-state index in [0.717, 1.165) is 16.8 Å². The highest BCUT2D eigenvalue weighted by atomic mass is 35.5. The summed E-state index contributed by atoms with van der Waals surface area (Å²) in [6.45, 7) is 1.93. The first-order chi connectivity index (χ1) is 14.0. The van der Waals surface area contributed by atoms with Crippen LogP contribution in [0.2, 0.25) is 5.02 Å². The average molecular weight is 424 g/mol. The fourth-order valence-electron chi connectivity index (χ4n) is 2.45. The Morgan fingerprint density at radius 2 is 1.83 bits per heavy atom. The quantitative estimate of drug-likeness (QED) is 0.194. The molecule has 7 heteroatoms. The normalized spacial score (nSPS) is 10.6. The van der Waals surface area contributed by atoms with E-state index in [4.69, 9.17) is 28.6 Å². The van der Waals surface area contributed by atoms with Gasteiger partial charge in [0.25, 0.3) is 0 Å². The molecule has 0 aromatic heterocycles. The molecule has 3 aromatic rings. The molecule has 0 fully saturated rings. The van der Waals surface area contributed by atoms with Crippen LogP contribution in [0.3, 0.4) is 0 Å². The summed E-state index contributed by atoms with van der Waals surface area (Å²) in [4.78, 5) is 12.2. The van der Waals surface area contributed by atoms with Crippen molar-refractivity contribution in [1.29, 1.82) is 0 Å². The predicted molar refractivity (Wildman–Crippen MR) is 121 cm³/mol. The van der Waals surface area contributed by atoms with Gasteiger partial charge >= 0.3 is 5.97 Å². The van der Waals surface area contributed by atoms with Crippen molar-refractivity contribution in [2.24, 2.45) is 5.10 Å². The Labute approximate surface area is 179 Å². The first kappa shape index (κ1) is 20.5. The maximum absolute atomic E-state index is 12.2. The molecule has 146 valence electrons. The zero-order chi connectivity index (χ0) is 20.6. The second-order valence-electron chi connectivity index (χ2n) is 6.16. The first-order valence-corrected chi connectivity index (χ1v) is 9.53. The Morgan fingerprint density at radius 3 is 2.55 bits per heavy atom. The van der Waals surface area contributed by atoms with Gasteiger partial charge in [0.1, 0.15) is 5.75 Å². The van der Waals surface area contributed by atoms with Crippen LogP contribution in [0.4, 0.5) is 5.69 Å². The van der Waals surface area contributed by atoms with Gasteiger partial charge in [-0.25, -0.2) is 4.79 Å². The minimum atomic E-state index is -0.394. The van der Waals surface area contributed by atoms with Gasteiger partial charge in [-0.3, -0.25) is 5.43 Å². The van der Waals surface area contributed by atoms with E-state index in [1.54, 1.807) is 54.7 Å². The number of hydrogen-bond donors (Lipinski definition) is 2. The van der Waals surface area contributed by atoms with E-state index >= 15 is 0 Å². The summed E-state index contributed by atoms with van der Waals surface area (Å²) in [5, 5.41) is 8.03.